The van der Waals surface area contributed by atoms with Gasteiger partial charge >= 0.3 is 0 Å². The van der Waals surface area contributed by atoms with E-state index in [-0.39, 0.29) is 5.95 Å². The highest BCUT2D eigenvalue weighted by Gasteiger charge is 2.04. The summed E-state index contributed by atoms with van der Waals surface area (Å²) in [6, 6.07) is 13.9. The molecule has 0 radical (unpaired) electrons. The Morgan fingerprint density at radius 3 is 2.75 bits per heavy atom. The summed E-state index contributed by atoms with van der Waals surface area (Å²) in [5.41, 5.74) is 7.59. The first-order valence-electron chi connectivity index (χ1n) is 6.23. The summed E-state index contributed by atoms with van der Waals surface area (Å²) in [5, 5.41) is 9.87. The summed E-state index contributed by atoms with van der Waals surface area (Å²) in [7, 11) is 0. The number of rotatable bonds is 4. The SMILES string of the molecule is Nc1n[nH]c(-c2ccnc(NCc3ccccc3)c2)n1. The molecule has 0 fully saturated rings. The Balaban J connectivity index is 1.75. The third kappa shape index (κ3) is 2.74. The molecule has 0 aliphatic heterocycles. The fourth-order valence-electron chi connectivity index (χ4n) is 1.87. The van der Waals surface area contributed by atoms with Crippen LogP contribution in [0.3, 0.4) is 0 Å². The van der Waals surface area contributed by atoms with Crippen LogP contribution >= 0.6 is 0 Å². The fourth-order valence-corrected chi connectivity index (χ4v) is 1.87. The quantitative estimate of drug-likeness (QED) is 0.672. The van der Waals surface area contributed by atoms with Crippen LogP contribution in [0.15, 0.2) is 48.7 Å². The molecule has 2 heterocycles. The standard InChI is InChI=1S/C14H14N6/c15-14-18-13(19-20-14)11-6-7-16-12(8-11)17-9-10-4-2-1-3-5-10/h1-8H,9H2,(H,16,17)(H3,15,18,19,20). The number of hydrogen-bond acceptors (Lipinski definition) is 5. The molecule has 0 saturated heterocycles. The third-order valence-electron chi connectivity index (χ3n) is 2.85. The van der Waals surface area contributed by atoms with E-state index in [1.807, 2.05) is 30.3 Å². The number of anilines is 2. The van der Waals surface area contributed by atoms with Gasteiger partial charge in [-0.15, -0.1) is 5.10 Å². The fraction of sp³-hybridized carbons (Fsp3) is 0.0714. The minimum absolute atomic E-state index is 0.232. The van der Waals surface area contributed by atoms with E-state index in [0.29, 0.717) is 5.82 Å². The molecule has 6 nitrogen and oxygen atoms in total. The van der Waals surface area contributed by atoms with Crippen molar-refractivity contribution in [2.24, 2.45) is 0 Å². The highest BCUT2D eigenvalue weighted by molar-refractivity contribution is 5.60. The second kappa shape index (κ2) is 5.40. The molecule has 0 bridgehead atoms. The van der Waals surface area contributed by atoms with Gasteiger partial charge in [-0.2, -0.15) is 4.98 Å². The molecule has 0 amide bonds. The van der Waals surface area contributed by atoms with Gasteiger partial charge in [0.05, 0.1) is 0 Å². The third-order valence-corrected chi connectivity index (χ3v) is 2.85. The van der Waals surface area contributed by atoms with Gasteiger partial charge in [-0.1, -0.05) is 30.3 Å². The average Bonchev–Trinajstić information content (AvgIpc) is 2.93. The summed E-state index contributed by atoms with van der Waals surface area (Å²) in [6.45, 7) is 0.718. The van der Waals surface area contributed by atoms with E-state index in [9.17, 15) is 0 Å². The molecule has 0 aliphatic carbocycles. The molecule has 1 aromatic carbocycles. The minimum Gasteiger partial charge on any atom is -0.366 e. The van der Waals surface area contributed by atoms with Gasteiger partial charge in [-0.25, -0.2) is 4.98 Å². The number of pyridine rings is 1. The molecule has 0 atom stereocenters. The minimum atomic E-state index is 0.232. The maximum absolute atomic E-state index is 5.50. The van der Waals surface area contributed by atoms with Gasteiger partial charge in [0, 0.05) is 18.3 Å². The van der Waals surface area contributed by atoms with Crippen LogP contribution in [0, 0.1) is 0 Å². The largest absolute Gasteiger partial charge is 0.366 e. The first kappa shape index (κ1) is 12.2. The Morgan fingerprint density at radius 2 is 2.00 bits per heavy atom. The van der Waals surface area contributed by atoms with Gasteiger partial charge in [-0.3, -0.25) is 5.10 Å². The van der Waals surface area contributed by atoms with E-state index in [0.717, 1.165) is 17.9 Å². The Morgan fingerprint density at radius 1 is 1.15 bits per heavy atom. The number of nitrogens with one attached hydrogen (secondary N) is 2. The van der Waals surface area contributed by atoms with Crippen molar-refractivity contribution in [3.8, 4) is 11.4 Å². The Kier molecular flexibility index (Phi) is 3.28. The molecule has 100 valence electrons. The van der Waals surface area contributed by atoms with Crippen molar-refractivity contribution in [1.29, 1.82) is 0 Å². The van der Waals surface area contributed by atoms with Gasteiger partial charge < -0.3 is 11.1 Å². The first-order valence-corrected chi connectivity index (χ1v) is 6.23. The smallest absolute Gasteiger partial charge is 0.239 e. The van der Waals surface area contributed by atoms with Crippen LogP contribution in [0.4, 0.5) is 11.8 Å². The molecular weight excluding hydrogens is 252 g/mol. The first-order chi connectivity index (χ1) is 9.81. The summed E-state index contributed by atoms with van der Waals surface area (Å²) >= 11 is 0. The lowest BCUT2D eigenvalue weighted by Gasteiger charge is -2.06. The van der Waals surface area contributed by atoms with Gasteiger partial charge in [0.25, 0.3) is 0 Å². The number of hydrogen-bond donors (Lipinski definition) is 3. The van der Waals surface area contributed by atoms with Gasteiger partial charge in [0.1, 0.15) is 5.82 Å². The van der Waals surface area contributed by atoms with Crippen LogP contribution in [0.2, 0.25) is 0 Å². The Hall–Kier alpha value is -2.89. The van der Waals surface area contributed by atoms with E-state index in [1.54, 1.807) is 6.20 Å². The predicted molar refractivity (Wildman–Crippen MR) is 77.8 cm³/mol. The summed E-state index contributed by atoms with van der Waals surface area (Å²) in [6.07, 6.45) is 1.72. The van der Waals surface area contributed by atoms with Crippen LogP contribution < -0.4 is 11.1 Å². The zero-order valence-corrected chi connectivity index (χ0v) is 10.7. The number of nitrogens with two attached hydrogens (primary N) is 1. The molecule has 3 rings (SSSR count). The molecule has 3 aromatic rings. The highest BCUT2D eigenvalue weighted by Crippen LogP contribution is 2.18. The lowest BCUT2D eigenvalue weighted by molar-refractivity contribution is 1.09. The van der Waals surface area contributed by atoms with Crippen molar-refractivity contribution < 1.29 is 0 Å². The van der Waals surface area contributed by atoms with E-state index < -0.39 is 0 Å². The van der Waals surface area contributed by atoms with Gasteiger partial charge in [-0.05, 0) is 17.7 Å². The molecule has 0 aliphatic rings. The van der Waals surface area contributed by atoms with Crippen molar-refractivity contribution in [1.82, 2.24) is 20.2 Å². The van der Waals surface area contributed by atoms with Gasteiger partial charge in [0.2, 0.25) is 5.95 Å². The number of aromatic nitrogens is 4. The van der Waals surface area contributed by atoms with Crippen LogP contribution in [0.1, 0.15) is 5.56 Å². The maximum Gasteiger partial charge on any atom is 0.239 e. The van der Waals surface area contributed by atoms with Crippen molar-refractivity contribution >= 4 is 11.8 Å². The summed E-state index contributed by atoms with van der Waals surface area (Å²) < 4.78 is 0. The maximum atomic E-state index is 5.50. The molecule has 0 spiro atoms. The predicted octanol–water partition coefficient (Wildman–Crippen LogP) is 2.06. The molecular formula is C14H14N6. The molecule has 2 aromatic heterocycles. The number of aromatic amines is 1. The summed E-state index contributed by atoms with van der Waals surface area (Å²) in [5.74, 6) is 1.64. The topological polar surface area (TPSA) is 92.5 Å². The van der Waals surface area contributed by atoms with E-state index in [2.05, 4.69) is 37.6 Å². The van der Waals surface area contributed by atoms with Gasteiger partial charge in [0.15, 0.2) is 5.82 Å². The van der Waals surface area contributed by atoms with Crippen molar-refractivity contribution in [2.45, 2.75) is 6.54 Å². The lowest BCUT2D eigenvalue weighted by Crippen LogP contribution is -2.01. The zero-order valence-electron chi connectivity index (χ0n) is 10.7. The van der Waals surface area contributed by atoms with Crippen molar-refractivity contribution in [3.05, 3.63) is 54.2 Å². The Labute approximate surface area is 116 Å². The normalized spacial score (nSPS) is 10.4. The molecule has 4 N–H and O–H groups in total. The van der Waals surface area contributed by atoms with Crippen LogP contribution in [-0.2, 0) is 6.54 Å². The van der Waals surface area contributed by atoms with E-state index in [1.165, 1.54) is 5.56 Å². The number of nitrogen functional groups attached to an aromatic ring is 1. The lowest BCUT2D eigenvalue weighted by atomic mass is 10.2. The molecule has 0 unspecified atom stereocenters. The highest BCUT2D eigenvalue weighted by atomic mass is 15.3. The monoisotopic (exact) mass is 266 g/mol. The second-order valence-corrected chi connectivity index (χ2v) is 4.31. The van der Waals surface area contributed by atoms with Crippen LogP contribution in [-0.4, -0.2) is 20.2 Å². The van der Waals surface area contributed by atoms with Crippen molar-refractivity contribution in [3.63, 3.8) is 0 Å². The van der Waals surface area contributed by atoms with E-state index >= 15 is 0 Å². The summed E-state index contributed by atoms with van der Waals surface area (Å²) in [4.78, 5) is 8.38. The zero-order chi connectivity index (χ0) is 13.8. The second-order valence-electron chi connectivity index (χ2n) is 4.31. The number of benzene rings is 1. The van der Waals surface area contributed by atoms with Crippen LogP contribution in [0.5, 0.6) is 0 Å². The van der Waals surface area contributed by atoms with E-state index in [4.69, 9.17) is 5.73 Å². The number of nitrogens with zero attached hydrogens (tertiary/aromatic N) is 3. The molecule has 20 heavy (non-hydrogen) atoms. The number of H-pyrrole nitrogens is 1. The molecule has 6 heteroatoms. The average molecular weight is 266 g/mol. The van der Waals surface area contributed by atoms with Crippen molar-refractivity contribution in [2.75, 3.05) is 11.1 Å². The Bertz CT molecular complexity index is 692. The van der Waals surface area contributed by atoms with Crippen LogP contribution in [0.25, 0.3) is 11.4 Å². The molecule has 0 saturated carbocycles.